The Labute approximate surface area is 157 Å². The van der Waals surface area contributed by atoms with E-state index in [-0.39, 0.29) is 11.5 Å². The molecular weight excluding hydrogens is 346 g/mol. The smallest absolute Gasteiger partial charge is 0.346 e. The molecule has 0 aromatic heterocycles. The van der Waals surface area contributed by atoms with E-state index in [1.165, 1.54) is 13.3 Å². The zero-order valence-corrected chi connectivity index (χ0v) is 15.2. The summed E-state index contributed by atoms with van der Waals surface area (Å²) in [5.41, 5.74) is 0.401. The maximum atomic E-state index is 12.7. The molecule has 27 heavy (non-hydrogen) atoms. The molecule has 1 fully saturated rings. The molecule has 1 saturated heterocycles. The lowest BCUT2D eigenvalue weighted by Gasteiger charge is -2.20. The molecule has 0 saturated carbocycles. The van der Waals surface area contributed by atoms with E-state index < -0.39 is 17.5 Å². The predicted molar refractivity (Wildman–Crippen MR) is 101 cm³/mol. The van der Waals surface area contributed by atoms with Gasteiger partial charge in [-0.05, 0) is 37.5 Å². The fourth-order valence-electron chi connectivity index (χ4n) is 2.91. The lowest BCUT2D eigenvalue weighted by atomic mass is 9.93. The zero-order valence-electron chi connectivity index (χ0n) is 15.2. The van der Waals surface area contributed by atoms with Crippen molar-refractivity contribution in [1.82, 2.24) is 10.3 Å². The van der Waals surface area contributed by atoms with E-state index in [4.69, 9.17) is 4.74 Å². The van der Waals surface area contributed by atoms with Crippen LogP contribution in [-0.2, 0) is 11.2 Å². The maximum Gasteiger partial charge on any atom is 0.346 e. The first-order valence-corrected chi connectivity index (χ1v) is 8.55. The zero-order chi connectivity index (χ0) is 19.4. The number of imide groups is 1. The average molecular weight is 367 g/mol. The molecule has 3 amide bonds. The Morgan fingerprint density at radius 1 is 1.19 bits per heavy atom. The number of hydrogen-bond acceptors (Lipinski definition) is 5. The molecular formula is C20H21N3O4. The Kier molecular flexibility index (Phi) is 5.12. The van der Waals surface area contributed by atoms with Gasteiger partial charge < -0.3 is 15.2 Å². The van der Waals surface area contributed by atoms with Crippen LogP contribution < -0.4 is 10.1 Å². The number of nitrogens with zero attached hydrogens (tertiary/aromatic N) is 2. The lowest BCUT2D eigenvalue weighted by molar-refractivity contribution is -0.130. The largest absolute Gasteiger partial charge is 0.504 e. The van der Waals surface area contributed by atoms with Gasteiger partial charge in [0.15, 0.2) is 11.5 Å². The van der Waals surface area contributed by atoms with Gasteiger partial charge in [0.1, 0.15) is 5.54 Å². The molecule has 1 aliphatic heterocycles. The molecule has 0 bridgehead atoms. The number of amides is 3. The second-order valence-electron chi connectivity index (χ2n) is 6.51. The van der Waals surface area contributed by atoms with Crippen LogP contribution in [0.25, 0.3) is 0 Å². The van der Waals surface area contributed by atoms with Crippen LogP contribution in [0.2, 0.25) is 0 Å². The van der Waals surface area contributed by atoms with Crippen LogP contribution in [0.3, 0.4) is 0 Å². The van der Waals surface area contributed by atoms with E-state index in [1.54, 1.807) is 25.1 Å². The second-order valence-corrected chi connectivity index (χ2v) is 6.51. The fraction of sp³-hybridized carbons (Fsp3) is 0.250. The molecule has 7 heteroatoms. The number of carbonyl (C=O) groups is 2. The van der Waals surface area contributed by atoms with E-state index in [0.717, 1.165) is 10.6 Å². The van der Waals surface area contributed by atoms with E-state index in [1.807, 2.05) is 30.3 Å². The molecule has 0 unspecified atom stereocenters. The second kappa shape index (κ2) is 7.49. The Morgan fingerprint density at radius 2 is 1.93 bits per heavy atom. The average Bonchev–Trinajstić information content (AvgIpc) is 2.89. The molecule has 2 N–H and O–H groups in total. The van der Waals surface area contributed by atoms with Crippen LogP contribution in [0.15, 0.2) is 53.6 Å². The predicted octanol–water partition coefficient (Wildman–Crippen LogP) is 2.68. The minimum absolute atomic E-state index is 0.109. The topological polar surface area (TPSA) is 91.2 Å². The highest BCUT2D eigenvalue weighted by Crippen LogP contribution is 2.29. The minimum Gasteiger partial charge on any atom is -0.504 e. The number of ether oxygens (including phenoxy) is 1. The molecule has 0 aliphatic carbocycles. The van der Waals surface area contributed by atoms with E-state index in [0.29, 0.717) is 18.4 Å². The molecule has 1 aliphatic rings. The Balaban J connectivity index is 1.74. The first-order chi connectivity index (χ1) is 12.9. The van der Waals surface area contributed by atoms with Crippen molar-refractivity contribution in [3.05, 3.63) is 59.7 Å². The van der Waals surface area contributed by atoms with E-state index in [2.05, 4.69) is 10.4 Å². The van der Waals surface area contributed by atoms with Crippen molar-refractivity contribution < 1.29 is 19.4 Å². The molecule has 140 valence electrons. The highest BCUT2D eigenvalue weighted by Gasteiger charge is 2.47. The van der Waals surface area contributed by atoms with Crippen molar-refractivity contribution >= 4 is 18.2 Å². The Hall–Kier alpha value is -3.35. The molecule has 0 spiro atoms. The van der Waals surface area contributed by atoms with Gasteiger partial charge in [0.25, 0.3) is 5.91 Å². The monoisotopic (exact) mass is 367 g/mol. The quantitative estimate of drug-likeness (QED) is 0.607. The first kappa shape index (κ1) is 18.4. The number of aromatic hydroxyl groups is 1. The molecule has 3 rings (SSSR count). The van der Waals surface area contributed by atoms with E-state index in [9.17, 15) is 14.7 Å². The number of hydrogen-bond donors (Lipinski definition) is 2. The Bertz CT molecular complexity index is 882. The number of methoxy groups -OCH3 is 1. The number of nitrogens with one attached hydrogen (secondary N) is 1. The van der Waals surface area contributed by atoms with Crippen LogP contribution in [0.4, 0.5) is 4.79 Å². The van der Waals surface area contributed by atoms with Crippen LogP contribution in [0.1, 0.15) is 24.5 Å². The fourth-order valence-corrected chi connectivity index (χ4v) is 2.91. The number of aryl methyl sites for hydroxylation is 1. The van der Waals surface area contributed by atoms with Gasteiger partial charge in [-0.3, -0.25) is 4.79 Å². The lowest BCUT2D eigenvalue weighted by Crippen LogP contribution is -2.44. The maximum absolute atomic E-state index is 12.7. The van der Waals surface area contributed by atoms with Crippen molar-refractivity contribution in [2.24, 2.45) is 5.10 Å². The third-order valence-electron chi connectivity index (χ3n) is 4.56. The molecule has 2 aromatic carbocycles. The summed E-state index contributed by atoms with van der Waals surface area (Å²) in [6, 6.07) is 14.0. The highest BCUT2D eigenvalue weighted by atomic mass is 16.5. The normalized spacial score (nSPS) is 19.6. The number of hydrazone groups is 1. The third-order valence-corrected chi connectivity index (χ3v) is 4.56. The van der Waals surface area contributed by atoms with Crippen LogP contribution >= 0.6 is 0 Å². The van der Waals surface area contributed by atoms with Crippen molar-refractivity contribution in [3.8, 4) is 11.5 Å². The summed E-state index contributed by atoms with van der Waals surface area (Å²) in [5, 5.41) is 17.6. The van der Waals surface area contributed by atoms with Gasteiger partial charge in [0.05, 0.1) is 13.3 Å². The van der Waals surface area contributed by atoms with Gasteiger partial charge >= 0.3 is 6.03 Å². The van der Waals surface area contributed by atoms with Gasteiger partial charge in [-0.25, -0.2) is 4.79 Å². The number of rotatable bonds is 6. The number of urea groups is 1. The third kappa shape index (κ3) is 3.76. The molecule has 0 radical (unpaired) electrons. The number of benzene rings is 2. The molecule has 7 nitrogen and oxygen atoms in total. The summed E-state index contributed by atoms with van der Waals surface area (Å²) in [7, 11) is 1.44. The van der Waals surface area contributed by atoms with E-state index >= 15 is 0 Å². The first-order valence-electron chi connectivity index (χ1n) is 8.55. The number of carbonyl (C=O) groups excluding carboxylic acids is 2. The van der Waals surface area contributed by atoms with Gasteiger partial charge in [-0.15, -0.1) is 5.01 Å². The number of phenolic OH excluding ortho intramolecular Hbond substituents is 1. The van der Waals surface area contributed by atoms with Crippen molar-refractivity contribution in [3.63, 3.8) is 0 Å². The van der Waals surface area contributed by atoms with Crippen molar-refractivity contribution in [2.75, 3.05) is 7.11 Å². The minimum atomic E-state index is -1.03. The standard InChI is InChI=1S/C20H21N3O4/c1-20(12-11-14-7-4-3-5-8-14)18(25)23(19(26)22-20)21-13-15-9-6-10-16(27-2)17(15)24/h3-10,13,24H,11-12H2,1-2H3,(H,22,26)/b21-13+/t20-/m0/s1. The summed E-state index contributed by atoms with van der Waals surface area (Å²) in [6.07, 6.45) is 2.37. The molecule has 1 heterocycles. The summed E-state index contributed by atoms with van der Waals surface area (Å²) in [6.45, 7) is 1.69. The SMILES string of the molecule is COc1cccc(/C=N/N2C(=O)N[C@@](C)(CCc3ccccc3)C2=O)c1O. The summed E-state index contributed by atoms with van der Waals surface area (Å²) in [5.74, 6) is -0.256. The molecule has 1 atom stereocenters. The number of para-hydroxylation sites is 1. The van der Waals surface area contributed by atoms with Gasteiger partial charge in [0, 0.05) is 5.56 Å². The summed E-state index contributed by atoms with van der Waals surface area (Å²) >= 11 is 0. The van der Waals surface area contributed by atoms with Crippen LogP contribution in [0, 0.1) is 0 Å². The van der Waals surface area contributed by atoms with Crippen LogP contribution in [0.5, 0.6) is 11.5 Å². The van der Waals surface area contributed by atoms with Gasteiger partial charge in [0.2, 0.25) is 0 Å². The van der Waals surface area contributed by atoms with Crippen molar-refractivity contribution in [1.29, 1.82) is 0 Å². The van der Waals surface area contributed by atoms with Crippen molar-refractivity contribution in [2.45, 2.75) is 25.3 Å². The van der Waals surface area contributed by atoms with Crippen LogP contribution in [-0.4, -0.2) is 40.9 Å². The summed E-state index contributed by atoms with van der Waals surface area (Å²) < 4.78 is 5.04. The highest BCUT2D eigenvalue weighted by molar-refractivity contribution is 6.07. The summed E-state index contributed by atoms with van der Waals surface area (Å²) in [4.78, 5) is 25.0. The van der Waals surface area contributed by atoms with Gasteiger partial charge in [-0.1, -0.05) is 36.4 Å². The van der Waals surface area contributed by atoms with Gasteiger partial charge in [-0.2, -0.15) is 5.10 Å². The number of phenols is 1. The Morgan fingerprint density at radius 3 is 2.63 bits per heavy atom. The molecule has 2 aromatic rings.